The van der Waals surface area contributed by atoms with Gasteiger partial charge in [-0.25, -0.2) is 4.74 Å². The van der Waals surface area contributed by atoms with Crippen LogP contribution in [0.4, 0.5) is 0 Å². The molecule has 112 valence electrons. The number of carbonyl (C=O) groups excluding carboxylic acids is 1. The molecule has 0 aromatic heterocycles. The van der Waals surface area contributed by atoms with Gasteiger partial charge in [-0.1, -0.05) is 60.7 Å². The number of nitrogens with zero attached hydrogens (tertiary/aromatic N) is 1. The zero-order valence-electron chi connectivity index (χ0n) is 12.8. The van der Waals surface area contributed by atoms with E-state index in [2.05, 4.69) is 0 Å². The fourth-order valence-electron chi connectivity index (χ4n) is 3.17. The first-order valence-corrected chi connectivity index (χ1v) is 7.49. The molecule has 1 aliphatic rings. The number of benzene rings is 2. The Balaban J connectivity index is 1.97. The van der Waals surface area contributed by atoms with E-state index in [9.17, 15) is 10.0 Å². The standard InChI is InChI=1S/C19H19NO2/c1-19(2)16(14-9-5-3-6-10-14)13-17(20(19)22)18(21)15-11-7-4-8-12-15/h3-12,16H,13H2,1-2H3. The third-order valence-electron chi connectivity index (χ3n) is 4.52. The first-order valence-electron chi connectivity index (χ1n) is 7.49. The van der Waals surface area contributed by atoms with Gasteiger partial charge in [-0.05, 0) is 5.56 Å². The predicted molar refractivity (Wildman–Crippen MR) is 87.3 cm³/mol. The summed E-state index contributed by atoms with van der Waals surface area (Å²) in [4.78, 5) is 12.6. The molecule has 1 heterocycles. The minimum Gasteiger partial charge on any atom is -0.623 e. The van der Waals surface area contributed by atoms with Crippen LogP contribution in [-0.2, 0) is 0 Å². The molecule has 0 saturated carbocycles. The molecule has 0 bridgehead atoms. The highest BCUT2D eigenvalue weighted by Gasteiger charge is 2.49. The molecule has 0 radical (unpaired) electrons. The van der Waals surface area contributed by atoms with Crippen LogP contribution in [0, 0.1) is 5.21 Å². The van der Waals surface area contributed by atoms with Crippen molar-refractivity contribution in [1.82, 2.24) is 0 Å². The van der Waals surface area contributed by atoms with Crippen LogP contribution in [0.25, 0.3) is 0 Å². The summed E-state index contributed by atoms with van der Waals surface area (Å²) in [6.07, 6.45) is 0.480. The number of hydrogen-bond donors (Lipinski definition) is 0. The molecule has 1 unspecified atom stereocenters. The van der Waals surface area contributed by atoms with Gasteiger partial charge < -0.3 is 5.21 Å². The van der Waals surface area contributed by atoms with Gasteiger partial charge in [-0.2, -0.15) is 0 Å². The summed E-state index contributed by atoms with van der Waals surface area (Å²) in [7, 11) is 0. The van der Waals surface area contributed by atoms with Crippen LogP contribution in [0.5, 0.6) is 0 Å². The van der Waals surface area contributed by atoms with Crippen molar-refractivity contribution in [3.63, 3.8) is 0 Å². The lowest BCUT2D eigenvalue weighted by Crippen LogP contribution is -2.35. The summed E-state index contributed by atoms with van der Waals surface area (Å²) < 4.78 is 0.917. The molecule has 22 heavy (non-hydrogen) atoms. The Morgan fingerprint density at radius 2 is 1.59 bits per heavy atom. The van der Waals surface area contributed by atoms with Crippen LogP contribution in [0.15, 0.2) is 60.7 Å². The molecule has 1 atom stereocenters. The van der Waals surface area contributed by atoms with E-state index in [1.165, 1.54) is 0 Å². The second-order valence-electron chi connectivity index (χ2n) is 6.26. The van der Waals surface area contributed by atoms with Gasteiger partial charge in [0.05, 0.1) is 12.3 Å². The molecule has 0 fully saturated rings. The molecular weight excluding hydrogens is 274 g/mol. The Hall–Kier alpha value is -2.42. The predicted octanol–water partition coefficient (Wildman–Crippen LogP) is 3.79. The third-order valence-corrected chi connectivity index (χ3v) is 4.52. The highest BCUT2D eigenvalue weighted by molar-refractivity contribution is 6.44. The zero-order valence-corrected chi connectivity index (χ0v) is 12.8. The van der Waals surface area contributed by atoms with E-state index in [1.54, 1.807) is 12.1 Å². The van der Waals surface area contributed by atoms with Gasteiger partial charge in [0.25, 0.3) is 5.78 Å². The largest absolute Gasteiger partial charge is 0.623 e. The maximum atomic E-state index is 12.7. The summed E-state index contributed by atoms with van der Waals surface area (Å²) in [5.41, 5.74) is 1.40. The lowest BCUT2D eigenvalue weighted by atomic mass is 9.81. The number of Topliss-reactive ketones (excluding diaryl/α,β-unsaturated/α-hetero) is 1. The van der Waals surface area contributed by atoms with Gasteiger partial charge in [0.2, 0.25) is 5.71 Å². The Kier molecular flexibility index (Phi) is 3.57. The Bertz CT molecular complexity index is 718. The smallest absolute Gasteiger partial charge is 0.253 e. The second-order valence-corrected chi connectivity index (χ2v) is 6.26. The van der Waals surface area contributed by atoms with E-state index in [0.717, 1.165) is 10.3 Å². The van der Waals surface area contributed by atoms with E-state index in [0.29, 0.717) is 17.7 Å². The minimum absolute atomic E-state index is 0.0221. The highest BCUT2D eigenvalue weighted by atomic mass is 16.5. The normalized spacial score (nSPS) is 20.2. The summed E-state index contributed by atoms with van der Waals surface area (Å²) >= 11 is 0. The van der Waals surface area contributed by atoms with Gasteiger partial charge in [0, 0.05) is 19.4 Å². The van der Waals surface area contributed by atoms with Crippen LogP contribution in [0.1, 0.15) is 42.1 Å². The van der Waals surface area contributed by atoms with Gasteiger partial charge >= 0.3 is 0 Å². The van der Waals surface area contributed by atoms with Crippen LogP contribution in [0.3, 0.4) is 0 Å². The fraction of sp³-hybridized carbons (Fsp3) is 0.263. The molecule has 3 nitrogen and oxygen atoms in total. The molecule has 0 saturated heterocycles. The number of hydroxylamine groups is 1. The van der Waals surface area contributed by atoms with Gasteiger partial charge in [-0.15, -0.1) is 0 Å². The molecule has 0 N–H and O–H groups in total. The highest BCUT2D eigenvalue weighted by Crippen LogP contribution is 2.39. The summed E-state index contributed by atoms with van der Waals surface area (Å²) in [5, 5.41) is 12.7. The van der Waals surface area contributed by atoms with Gasteiger partial charge in [-0.3, -0.25) is 4.79 Å². The SMILES string of the molecule is CC1(C)C(c2ccccc2)CC(C(=O)c2ccccc2)=[N+]1[O-]. The second kappa shape index (κ2) is 5.41. The number of hydrogen-bond acceptors (Lipinski definition) is 2. The molecule has 0 aliphatic carbocycles. The van der Waals surface area contributed by atoms with Crippen molar-refractivity contribution in [2.24, 2.45) is 0 Å². The maximum Gasteiger partial charge on any atom is 0.253 e. The quantitative estimate of drug-likeness (QED) is 0.491. The van der Waals surface area contributed by atoms with Crippen LogP contribution < -0.4 is 0 Å². The first-order chi connectivity index (χ1) is 10.5. The lowest BCUT2D eigenvalue weighted by molar-refractivity contribution is -0.533. The third kappa shape index (κ3) is 2.33. The molecule has 3 rings (SSSR count). The van der Waals surface area contributed by atoms with Crippen LogP contribution >= 0.6 is 0 Å². The molecule has 2 aromatic carbocycles. The number of carbonyl (C=O) groups is 1. The van der Waals surface area contributed by atoms with E-state index in [4.69, 9.17) is 0 Å². The van der Waals surface area contributed by atoms with E-state index in [1.807, 2.05) is 62.4 Å². The van der Waals surface area contributed by atoms with Crippen molar-refractivity contribution in [3.8, 4) is 0 Å². The summed E-state index contributed by atoms with van der Waals surface area (Å²) in [6.45, 7) is 3.81. The molecule has 0 spiro atoms. The van der Waals surface area contributed by atoms with Crippen LogP contribution in [0.2, 0.25) is 0 Å². The van der Waals surface area contributed by atoms with Crippen molar-refractivity contribution >= 4 is 11.5 Å². The van der Waals surface area contributed by atoms with E-state index < -0.39 is 5.54 Å². The first kappa shape index (κ1) is 14.5. The molecule has 2 aromatic rings. The molecular formula is C19H19NO2. The Morgan fingerprint density at radius 1 is 1.05 bits per heavy atom. The number of ketones is 1. The van der Waals surface area contributed by atoms with Gasteiger partial charge in [0.1, 0.15) is 0 Å². The fourth-order valence-corrected chi connectivity index (χ4v) is 3.17. The molecule has 1 aliphatic heterocycles. The summed E-state index contributed by atoms with van der Waals surface area (Å²) in [6, 6.07) is 19.0. The molecule has 0 amide bonds. The maximum absolute atomic E-state index is 12.7. The van der Waals surface area contributed by atoms with Crippen molar-refractivity contribution in [1.29, 1.82) is 0 Å². The Morgan fingerprint density at radius 3 is 2.18 bits per heavy atom. The van der Waals surface area contributed by atoms with Crippen molar-refractivity contribution < 1.29 is 9.53 Å². The lowest BCUT2D eigenvalue weighted by Gasteiger charge is -2.25. The average Bonchev–Trinajstić information content (AvgIpc) is 2.79. The summed E-state index contributed by atoms with van der Waals surface area (Å²) in [5.74, 6) is -0.143. The minimum atomic E-state index is -0.624. The molecule has 3 heteroatoms. The van der Waals surface area contributed by atoms with Crippen molar-refractivity contribution in [3.05, 3.63) is 77.0 Å². The monoisotopic (exact) mass is 293 g/mol. The number of rotatable bonds is 3. The average molecular weight is 293 g/mol. The van der Waals surface area contributed by atoms with Crippen LogP contribution in [-0.4, -0.2) is 21.8 Å². The Labute approximate surface area is 130 Å². The van der Waals surface area contributed by atoms with Gasteiger partial charge in [0.15, 0.2) is 5.54 Å². The van der Waals surface area contributed by atoms with E-state index in [-0.39, 0.29) is 11.7 Å². The van der Waals surface area contributed by atoms with Crippen molar-refractivity contribution in [2.45, 2.75) is 31.7 Å². The topological polar surface area (TPSA) is 43.1 Å². The van der Waals surface area contributed by atoms with E-state index >= 15 is 0 Å². The zero-order chi connectivity index (χ0) is 15.7. The van der Waals surface area contributed by atoms with Crippen molar-refractivity contribution in [2.75, 3.05) is 0 Å².